The molecule has 0 spiro atoms. The number of furan rings is 1. The lowest BCUT2D eigenvalue weighted by Crippen LogP contribution is -2.31. The molecule has 5 heteroatoms. The first-order chi connectivity index (χ1) is 12.0. The maximum absolute atomic E-state index is 10.4. The van der Waals surface area contributed by atoms with Gasteiger partial charge in [-0.3, -0.25) is 0 Å². The van der Waals surface area contributed by atoms with Gasteiger partial charge in [0.2, 0.25) is 0 Å². The Labute approximate surface area is 169 Å². The van der Waals surface area contributed by atoms with Crippen molar-refractivity contribution in [2.24, 2.45) is 0 Å². The van der Waals surface area contributed by atoms with Gasteiger partial charge in [-0.15, -0.1) is 12.4 Å². The van der Waals surface area contributed by atoms with Crippen molar-refractivity contribution in [1.82, 2.24) is 5.32 Å². The molecule has 0 bridgehead atoms. The average Bonchev–Trinajstić information content (AvgIpc) is 3.11. The van der Waals surface area contributed by atoms with Gasteiger partial charge in [0, 0.05) is 16.1 Å². The third kappa shape index (κ3) is 4.98. The van der Waals surface area contributed by atoms with Gasteiger partial charge in [-0.2, -0.15) is 0 Å². The number of aliphatic hydroxyl groups is 1. The van der Waals surface area contributed by atoms with Crippen LogP contribution >= 0.6 is 28.3 Å². The normalized spacial score (nSPS) is 13.1. The number of hydrogen-bond donors (Lipinski definition) is 2. The number of hydrogen-bond acceptors (Lipinski definition) is 3. The van der Waals surface area contributed by atoms with Crippen molar-refractivity contribution in [3.8, 4) is 11.3 Å². The van der Waals surface area contributed by atoms with E-state index in [1.165, 1.54) is 5.56 Å². The number of aryl methyl sites for hydroxylation is 1. The number of aliphatic hydroxyl groups excluding tert-OH is 1. The van der Waals surface area contributed by atoms with Gasteiger partial charge in [0.05, 0.1) is 12.6 Å². The Morgan fingerprint density at radius 1 is 1.08 bits per heavy atom. The lowest BCUT2D eigenvalue weighted by molar-refractivity contribution is 0.134. The van der Waals surface area contributed by atoms with Crippen molar-refractivity contribution >= 4 is 28.3 Å². The van der Waals surface area contributed by atoms with E-state index in [-0.39, 0.29) is 18.4 Å². The fraction of sp³-hybridized carbons (Fsp3) is 0.238. The van der Waals surface area contributed by atoms with E-state index in [4.69, 9.17) is 4.42 Å². The van der Waals surface area contributed by atoms with Gasteiger partial charge in [0.15, 0.2) is 0 Å². The van der Waals surface area contributed by atoms with Crippen LogP contribution in [0.1, 0.15) is 29.9 Å². The summed E-state index contributed by atoms with van der Waals surface area (Å²) in [5.41, 5.74) is 3.14. The Bertz CT molecular complexity index is 835. The Morgan fingerprint density at radius 2 is 1.81 bits per heavy atom. The van der Waals surface area contributed by atoms with Crippen LogP contribution in [0, 0.1) is 6.92 Å². The standard InChI is InChI=1S/C21H22BrNO2.ClH/c1-14-12-17(8-10-19(14)22)20-11-9-18(25-20)13-23-15(2)21(24)16-6-4-3-5-7-16;/h3-12,15,21,23-24H,13H2,1-2H3;1H. The van der Waals surface area contributed by atoms with Gasteiger partial charge in [-0.05, 0) is 49.2 Å². The third-order valence-corrected chi connectivity index (χ3v) is 5.21. The fourth-order valence-electron chi connectivity index (χ4n) is 2.74. The molecule has 138 valence electrons. The van der Waals surface area contributed by atoms with Crippen molar-refractivity contribution in [2.75, 3.05) is 0 Å². The zero-order valence-corrected chi connectivity index (χ0v) is 17.2. The second-order valence-electron chi connectivity index (χ2n) is 6.26. The average molecular weight is 437 g/mol. The lowest BCUT2D eigenvalue weighted by Gasteiger charge is -2.20. The molecule has 0 fully saturated rings. The van der Waals surface area contributed by atoms with E-state index in [0.717, 1.165) is 27.1 Å². The van der Waals surface area contributed by atoms with Gasteiger partial charge < -0.3 is 14.8 Å². The minimum atomic E-state index is -0.551. The molecule has 3 nitrogen and oxygen atoms in total. The molecule has 1 aromatic heterocycles. The molecule has 0 saturated carbocycles. The summed E-state index contributed by atoms with van der Waals surface area (Å²) in [7, 11) is 0. The Hall–Kier alpha value is -1.59. The van der Waals surface area contributed by atoms with E-state index >= 15 is 0 Å². The molecule has 0 aliphatic heterocycles. The van der Waals surface area contributed by atoms with Crippen LogP contribution in [0.3, 0.4) is 0 Å². The molecule has 2 aromatic carbocycles. The van der Waals surface area contributed by atoms with E-state index < -0.39 is 6.10 Å². The minimum Gasteiger partial charge on any atom is -0.460 e. The quantitative estimate of drug-likeness (QED) is 0.525. The van der Waals surface area contributed by atoms with E-state index in [2.05, 4.69) is 34.2 Å². The lowest BCUT2D eigenvalue weighted by atomic mass is 10.0. The van der Waals surface area contributed by atoms with Gasteiger partial charge in [-0.1, -0.05) is 52.3 Å². The molecule has 3 rings (SSSR count). The summed E-state index contributed by atoms with van der Waals surface area (Å²) >= 11 is 3.52. The summed E-state index contributed by atoms with van der Waals surface area (Å²) in [5, 5.41) is 13.7. The summed E-state index contributed by atoms with van der Waals surface area (Å²) in [4.78, 5) is 0. The summed E-state index contributed by atoms with van der Waals surface area (Å²) in [6.45, 7) is 4.60. The maximum Gasteiger partial charge on any atom is 0.134 e. The minimum absolute atomic E-state index is 0. The number of halogens is 2. The zero-order valence-electron chi connectivity index (χ0n) is 14.8. The van der Waals surface area contributed by atoms with E-state index in [1.54, 1.807) is 0 Å². The Kier molecular flexibility index (Phi) is 7.47. The molecule has 2 unspecified atom stereocenters. The highest BCUT2D eigenvalue weighted by Crippen LogP contribution is 2.27. The summed E-state index contributed by atoms with van der Waals surface area (Å²) < 4.78 is 7.03. The van der Waals surface area contributed by atoms with Crippen molar-refractivity contribution < 1.29 is 9.52 Å². The van der Waals surface area contributed by atoms with Crippen molar-refractivity contribution in [1.29, 1.82) is 0 Å². The van der Waals surface area contributed by atoms with Gasteiger partial charge in [0.1, 0.15) is 11.5 Å². The second-order valence-corrected chi connectivity index (χ2v) is 7.11. The maximum atomic E-state index is 10.4. The second kappa shape index (κ2) is 9.38. The van der Waals surface area contributed by atoms with Gasteiger partial charge in [-0.25, -0.2) is 0 Å². The first kappa shape index (κ1) is 20.7. The third-order valence-electron chi connectivity index (χ3n) is 4.32. The van der Waals surface area contributed by atoms with E-state index in [9.17, 15) is 5.11 Å². The zero-order chi connectivity index (χ0) is 17.8. The van der Waals surface area contributed by atoms with E-state index in [1.807, 2.05) is 61.5 Å². The van der Waals surface area contributed by atoms with Crippen molar-refractivity contribution in [3.05, 3.63) is 82.0 Å². The predicted molar refractivity (Wildman–Crippen MR) is 112 cm³/mol. The molecule has 1 heterocycles. The monoisotopic (exact) mass is 435 g/mol. The molecular weight excluding hydrogens is 414 g/mol. The van der Waals surface area contributed by atoms with Crippen LogP contribution in [0.2, 0.25) is 0 Å². The molecule has 0 radical (unpaired) electrons. The summed E-state index contributed by atoms with van der Waals surface area (Å²) in [5.74, 6) is 1.70. The fourth-order valence-corrected chi connectivity index (χ4v) is 2.98. The smallest absolute Gasteiger partial charge is 0.134 e. The largest absolute Gasteiger partial charge is 0.460 e. The van der Waals surface area contributed by atoms with Crippen LogP contribution in [0.5, 0.6) is 0 Å². The molecule has 2 N–H and O–H groups in total. The van der Waals surface area contributed by atoms with Gasteiger partial charge >= 0.3 is 0 Å². The highest BCUT2D eigenvalue weighted by atomic mass is 79.9. The van der Waals surface area contributed by atoms with Crippen LogP contribution in [-0.2, 0) is 6.54 Å². The summed E-state index contributed by atoms with van der Waals surface area (Å²) in [6.07, 6.45) is -0.551. The molecule has 0 amide bonds. The van der Waals surface area contributed by atoms with Crippen LogP contribution in [0.25, 0.3) is 11.3 Å². The molecule has 26 heavy (non-hydrogen) atoms. The molecule has 0 aliphatic rings. The molecule has 2 atom stereocenters. The van der Waals surface area contributed by atoms with Crippen LogP contribution in [0.4, 0.5) is 0 Å². The molecule has 0 saturated heterocycles. The first-order valence-corrected chi connectivity index (χ1v) is 9.15. The Balaban J connectivity index is 0.00000243. The predicted octanol–water partition coefficient (Wildman–Crippen LogP) is 5.65. The number of rotatable bonds is 6. The topological polar surface area (TPSA) is 45.4 Å². The van der Waals surface area contributed by atoms with Crippen LogP contribution in [-0.4, -0.2) is 11.1 Å². The number of nitrogens with one attached hydrogen (secondary N) is 1. The Morgan fingerprint density at radius 3 is 2.50 bits per heavy atom. The highest BCUT2D eigenvalue weighted by Gasteiger charge is 2.16. The van der Waals surface area contributed by atoms with Crippen molar-refractivity contribution in [3.63, 3.8) is 0 Å². The van der Waals surface area contributed by atoms with Crippen LogP contribution in [0.15, 0.2) is 69.6 Å². The number of benzene rings is 2. The molecule has 0 aliphatic carbocycles. The molecular formula is C21H23BrClNO2. The molecule has 3 aromatic rings. The van der Waals surface area contributed by atoms with Gasteiger partial charge in [0.25, 0.3) is 0 Å². The first-order valence-electron chi connectivity index (χ1n) is 8.36. The van der Waals surface area contributed by atoms with Crippen molar-refractivity contribution in [2.45, 2.75) is 32.5 Å². The SMILES string of the molecule is Cc1cc(-c2ccc(CNC(C)C(O)c3ccccc3)o2)ccc1Br.Cl. The van der Waals surface area contributed by atoms with E-state index in [0.29, 0.717) is 6.54 Å². The summed E-state index contributed by atoms with van der Waals surface area (Å²) in [6, 6.07) is 19.7. The van der Waals surface area contributed by atoms with Crippen LogP contribution < -0.4 is 5.32 Å². The highest BCUT2D eigenvalue weighted by molar-refractivity contribution is 9.10.